The molecule has 1 amide bonds. The quantitative estimate of drug-likeness (QED) is 0.858. The van der Waals surface area contributed by atoms with Gasteiger partial charge in [-0.15, -0.1) is 11.3 Å². The number of piperidine rings is 1. The maximum Gasteiger partial charge on any atom is 0.223 e. The van der Waals surface area contributed by atoms with Gasteiger partial charge in [0.25, 0.3) is 0 Å². The highest BCUT2D eigenvalue weighted by Gasteiger charge is 2.26. The van der Waals surface area contributed by atoms with Crippen molar-refractivity contribution in [2.45, 2.75) is 44.9 Å². The zero-order chi connectivity index (χ0) is 14.7. The van der Waals surface area contributed by atoms with E-state index in [-0.39, 0.29) is 0 Å². The average Bonchev–Trinajstić information content (AvgIpc) is 3.16. The van der Waals surface area contributed by atoms with Crippen molar-refractivity contribution in [2.75, 3.05) is 32.7 Å². The second-order valence-electron chi connectivity index (χ2n) is 6.29. The number of aromatic nitrogens is 1. The fraction of sp³-hybridized carbons (Fsp3) is 0.750. The number of nitrogens with zero attached hydrogens (tertiary/aromatic N) is 3. The van der Waals surface area contributed by atoms with Gasteiger partial charge in [-0.25, -0.2) is 4.98 Å². The monoisotopic (exact) mass is 307 g/mol. The predicted octanol–water partition coefficient (Wildman–Crippen LogP) is 2.64. The molecule has 0 radical (unpaired) electrons. The molecule has 2 aliphatic rings. The first kappa shape index (κ1) is 15.0. The van der Waals surface area contributed by atoms with Gasteiger partial charge in [0.2, 0.25) is 5.91 Å². The van der Waals surface area contributed by atoms with Crippen LogP contribution in [0.25, 0.3) is 0 Å². The van der Waals surface area contributed by atoms with E-state index in [9.17, 15) is 4.79 Å². The molecule has 0 aromatic carbocycles. The third kappa shape index (κ3) is 3.83. The van der Waals surface area contributed by atoms with Crippen LogP contribution in [0.1, 0.15) is 47.9 Å². The van der Waals surface area contributed by atoms with Gasteiger partial charge >= 0.3 is 0 Å². The maximum atomic E-state index is 12.4. The zero-order valence-corrected chi connectivity index (χ0v) is 13.7. The molecule has 2 fully saturated rings. The lowest BCUT2D eigenvalue weighted by Gasteiger charge is -2.32. The van der Waals surface area contributed by atoms with Crippen molar-refractivity contribution < 1.29 is 4.79 Å². The summed E-state index contributed by atoms with van der Waals surface area (Å²) in [6, 6.07) is 0. The van der Waals surface area contributed by atoms with Crippen molar-refractivity contribution in [3.05, 3.63) is 16.1 Å². The van der Waals surface area contributed by atoms with Gasteiger partial charge in [-0.3, -0.25) is 4.79 Å². The molecule has 1 aromatic heterocycles. The first-order valence-corrected chi connectivity index (χ1v) is 8.96. The molecule has 21 heavy (non-hydrogen) atoms. The molecule has 116 valence electrons. The number of likely N-dealkylation sites (tertiary alicyclic amines) is 2. The molecular formula is C16H25N3OS. The van der Waals surface area contributed by atoms with Gasteiger partial charge in [0.1, 0.15) is 0 Å². The summed E-state index contributed by atoms with van der Waals surface area (Å²) in [6.07, 6.45) is 7.51. The minimum absolute atomic E-state index is 0.333. The Bertz CT molecular complexity index is 482. The third-order valence-electron chi connectivity index (χ3n) is 4.60. The minimum atomic E-state index is 0.333. The summed E-state index contributed by atoms with van der Waals surface area (Å²) in [5.41, 5.74) is 0. The molecule has 3 heterocycles. The van der Waals surface area contributed by atoms with E-state index in [4.69, 9.17) is 0 Å². The molecular weight excluding hydrogens is 282 g/mol. The standard InChI is InChI=1S/C16H25N3OS/c1-13-11-17-16(21-13)14-5-4-9-19(12-14)15(20)6-10-18-7-2-3-8-18/h11,14H,2-10,12H2,1H3/t14-/m0/s1. The van der Waals surface area contributed by atoms with Gasteiger partial charge in [0.05, 0.1) is 5.01 Å². The third-order valence-corrected chi connectivity index (χ3v) is 5.68. The molecule has 2 aliphatic heterocycles. The second kappa shape index (κ2) is 6.88. The van der Waals surface area contributed by atoms with Crippen LogP contribution < -0.4 is 0 Å². The highest BCUT2D eigenvalue weighted by Crippen LogP contribution is 2.30. The van der Waals surface area contributed by atoms with Gasteiger partial charge in [0.15, 0.2) is 0 Å². The molecule has 2 saturated heterocycles. The fourth-order valence-electron chi connectivity index (χ4n) is 3.38. The number of hydrogen-bond donors (Lipinski definition) is 0. The van der Waals surface area contributed by atoms with Crippen LogP contribution in [-0.2, 0) is 4.79 Å². The van der Waals surface area contributed by atoms with Crippen molar-refractivity contribution in [1.82, 2.24) is 14.8 Å². The van der Waals surface area contributed by atoms with Crippen molar-refractivity contribution in [2.24, 2.45) is 0 Å². The normalized spacial score (nSPS) is 23.7. The van der Waals surface area contributed by atoms with E-state index < -0.39 is 0 Å². The second-order valence-corrected chi connectivity index (χ2v) is 7.55. The van der Waals surface area contributed by atoms with Crippen molar-refractivity contribution in [3.63, 3.8) is 0 Å². The summed E-state index contributed by atoms with van der Waals surface area (Å²) >= 11 is 1.78. The molecule has 0 saturated carbocycles. The molecule has 5 heteroatoms. The van der Waals surface area contributed by atoms with Crippen LogP contribution in [0.15, 0.2) is 6.20 Å². The first-order chi connectivity index (χ1) is 10.2. The highest BCUT2D eigenvalue weighted by atomic mass is 32.1. The van der Waals surface area contributed by atoms with Crippen molar-refractivity contribution in [1.29, 1.82) is 0 Å². The summed E-state index contributed by atoms with van der Waals surface area (Å²) in [5, 5.41) is 1.21. The lowest BCUT2D eigenvalue weighted by Crippen LogP contribution is -2.40. The number of hydrogen-bond acceptors (Lipinski definition) is 4. The van der Waals surface area contributed by atoms with E-state index in [1.165, 1.54) is 42.2 Å². The van der Waals surface area contributed by atoms with Crippen molar-refractivity contribution in [3.8, 4) is 0 Å². The van der Waals surface area contributed by atoms with E-state index in [1.807, 2.05) is 6.20 Å². The summed E-state index contributed by atoms with van der Waals surface area (Å²) in [5.74, 6) is 0.785. The Morgan fingerprint density at radius 2 is 2.14 bits per heavy atom. The zero-order valence-electron chi connectivity index (χ0n) is 12.9. The molecule has 3 rings (SSSR count). The lowest BCUT2D eigenvalue weighted by molar-refractivity contribution is -0.132. The smallest absolute Gasteiger partial charge is 0.223 e. The largest absolute Gasteiger partial charge is 0.342 e. The number of carbonyl (C=O) groups excluding carboxylic acids is 1. The summed E-state index contributed by atoms with van der Waals surface area (Å²) in [4.78, 5) is 22.7. The van der Waals surface area contributed by atoms with Crippen LogP contribution in [-0.4, -0.2) is 53.4 Å². The SMILES string of the molecule is Cc1cnc([C@H]2CCCN(C(=O)CCN3CCCC3)C2)s1. The van der Waals surface area contributed by atoms with Gasteiger partial charge in [0, 0.05) is 43.0 Å². The van der Waals surface area contributed by atoms with Gasteiger partial charge in [-0.05, 0) is 45.7 Å². The molecule has 0 unspecified atom stereocenters. The maximum absolute atomic E-state index is 12.4. The van der Waals surface area contributed by atoms with Crippen LogP contribution in [0.4, 0.5) is 0 Å². The van der Waals surface area contributed by atoms with E-state index in [0.717, 1.165) is 26.1 Å². The van der Waals surface area contributed by atoms with E-state index in [2.05, 4.69) is 21.7 Å². The lowest BCUT2D eigenvalue weighted by atomic mass is 9.98. The number of amides is 1. The van der Waals surface area contributed by atoms with Gasteiger partial charge in [-0.2, -0.15) is 0 Å². The summed E-state index contributed by atoms with van der Waals surface area (Å²) in [7, 11) is 0. The first-order valence-electron chi connectivity index (χ1n) is 8.15. The Morgan fingerprint density at radius 3 is 2.86 bits per heavy atom. The Kier molecular flexibility index (Phi) is 4.91. The number of thiazole rings is 1. The van der Waals surface area contributed by atoms with Crippen LogP contribution in [0.5, 0.6) is 0 Å². The molecule has 1 atom stereocenters. The molecule has 1 aromatic rings. The fourth-order valence-corrected chi connectivity index (χ4v) is 4.28. The average molecular weight is 307 g/mol. The molecule has 4 nitrogen and oxygen atoms in total. The van der Waals surface area contributed by atoms with Crippen LogP contribution in [0.3, 0.4) is 0 Å². The van der Waals surface area contributed by atoms with Gasteiger partial charge in [-0.1, -0.05) is 0 Å². The van der Waals surface area contributed by atoms with E-state index >= 15 is 0 Å². The predicted molar refractivity (Wildman–Crippen MR) is 85.7 cm³/mol. The van der Waals surface area contributed by atoms with Crippen LogP contribution in [0.2, 0.25) is 0 Å². The van der Waals surface area contributed by atoms with E-state index in [0.29, 0.717) is 18.2 Å². The molecule has 0 aliphatic carbocycles. The van der Waals surface area contributed by atoms with Crippen LogP contribution in [0, 0.1) is 6.92 Å². The Labute approximate surface area is 131 Å². The Balaban J connectivity index is 1.51. The number of carbonyl (C=O) groups is 1. The van der Waals surface area contributed by atoms with E-state index in [1.54, 1.807) is 11.3 Å². The van der Waals surface area contributed by atoms with Crippen molar-refractivity contribution >= 4 is 17.2 Å². The summed E-state index contributed by atoms with van der Waals surface area (Å²) in [6.45, 7) is 7.19. The minimum Gasteiger partial charge on any atom is -0.342 e. The Morgan fingerprint density at radius 1 is 1.33 bits per heavy atom. The molecule has 0 N–H and O–H groups in total. The Hall–Kier alpha value is -0.940. The van der Waals surface area contributed by atoms with Crippen LogP contribution >= 0.6 is 11.3 Å². The number of rotatable bonds is 4. The van der Waals surface area contributed by atoms with Gasteiger partial charge < -0.3 is 9.80 Å². The molecule has 0 bridgehead atoms. The topological polar surface area (TPSA) is 36.4 Å². The summed E-state index contributed by atoms with van der Waals surface area (Å²) < 4.78 is 0. The molecule has 0 spiro atoms. The highest BCUT2D eigenvalue weighted by molar-refractivity contribution is 7.11. The number of aryl methyl sites for hydroxylation is 1.